The van der Waals surface area contributed by atoms with Gasteiger partial charge in [0.2, 0.25) is 5.60 Å². The van der Waals surface area contributed by atoms with Crippen LogP contribution < -0.4 is 19.5 Å². The second-order valence-corrected chi connectivity index (χ2v) is 15.5. The SMILES string of the molecule is CC(C)(Oc1ccc(C2CC2(Cl)Cl)cc1)C(=O)NCC(=O)c1ccc(OC(=O)C(C)(C)Oc2ccc(C3CC3(Cl)Cl)cc2)cc1. The first-order chi connectivity index (χ1) is 21.0. The Kier molecular flexibility index (Phi) is 9.15. The molecule has 0 bridgehead atoms. The molecule has 1 N–H and O–H groups in total. The number of carbonyl (C=O) groups excluding carboxylic acids is 3. The van der Waals surface area contributed by atoms with Gasteiger partial charge in [0.05, 0.1) is 6.54 Å². The minimum Gasteiger partial charge on any atom is -0.478 e. The molecule has 0 aromatic heterocycles. The second kappa shape index (κ2) is 12.3. The third kappa shape index (κ3) is 8.07. The number of nitrogens with one attached hydrogen (secondary N) is 1. The number of alkyl halides is 4. The van der Waals surface area contributed by atoms with Crippen molar-refractivity contribution < 1.29 is 28.6 Å². The van der Waals surface area contributed by atoms with Crippen LogP contribution in [0.4, 0.5) is 0 Å². The number of hydrogen-bond donors (Lipinski definition) is 1. The van der Waals surface area contributed by atoms with Gasteiger partial charge >= 0.3 is 5.97 Å². The van der Waals surface area contributed by atoms with E-state index in [2.05, 4.69) is 5.32 Å². The average molecular weight is 693 g/mol. The van der Waals surface area contributed by atoms with Gasteiger partial charge in [0.25, 0.3) is 5.91 Å². The summed E-state index contributed by atoms with van der Waals surface area (Å²) in [6.07, 6.45) is 1.39. The van der Waals surface area contributed by atoms with Crippen molar-refractivity contribution in [2.75, 3.05) is 6.54 Å². The highest BCUT2D eigenvalue weighted by Gasteiger charge is 2.53. The smallest absolute Gasteiger partial charge is 0.355 e. The summed E-state index contributed by atoms with van der Waals surface area (Å²) in [6, 6.07) is 20.6. The van der Waals surface area contributed by atoms with E-state index in [0.717, 1.165) is 11.1 Å². The summed E-state index contributed by atoms with van der Waals surface area (Å²) in [7, 11) is 0. The first-order valence-corrected chi connectivity index (χ1v) is 16.0. The maximum absolute atomic E-state index is 12.9. The standard InChI is InChI=1S/C34H33Cl4NO6/c1-31(2,44-24-13-5-20(6-14-24)26-17-33(26,35)36)29(41)39-19-28(40)22-9-11-23(12-10-22)43-30(42)32(3,4)45-25-15-7-21(8-16-25)27-18-34(27,37)38/h5-16,26-27H,17-19H2,1-4H3,(H,39,41). The van der Waals surface area contributed by atoms with Crippen molar-refractivity contribution in [2.45, 2.75) is 72.2 Å². The molecule has 3 aromatic carbocycles. The van der Waals surface area contributed by atoms with Gasteiger partial charge < -0.3 is 19.5 Å². The molecule has 7 nitrogen and oxygen atoms in total. The van der Waals surface area contributed by atoms with Gasteiger partial charge in [0.1, 0.15) is 25.9 Å². The first kappa shape index (κ1) is 33.4. The van der Waals surface area contributed by atoms with Crippen molar-refractivity contribution in [2.24, 2.45) is 0 Å². The minimum atomic E-state index is -1.29. The van der Waals surface area contributed by atoms with Crippen molar-refractivity contribution >= 4 is 64.1 Å². The van der Waals surface area contributed by atoms with Crippen molar-refractivity contribution in [1.82, 2.24) is 5.32 Å². The van der Waals surface area contributed by atoms with Gasteiger partial charge in [-0.25, -0.2) is 4.79 Å². The van der Waals surface area contributed by atoms with Crippen LogP contribution in [0.3, 0.4) is 0 Å². The molecule has 3 aromatic rings. The zero-order valence-corrected chi connectivity index (χ0v) is 28.2. The van der Waals surface area contributed by atoms with Gasteiger partial charge in [-0.05, 0) is 100 Å². The number of ether oxygens (including phenoxy) is 3. The normalized spacial score (nSPS) is 19.6. The topological polar surface area (TPSA) is 90.9 Å². The number of Topliss-reactive ketones (excluding diaryl/α,β-unsaturated/α-hetero) is 1. The molecule has 2 aliphatic carbocycles. The van der Waals surface area contributed by atoms with Crippen LogP contribution in [0.1, 0.15) is 73.9 Å². The van der Waals surface area contributed by atoms with Crippen LogP contribution in [0.2, 0.25) is 0 Å². The van der Waals surface area contributed by atoms with Crippen LogP contribution in [0, 0.1) is 0 Å². The maximum Gasteiger partial charge on any atom is 0.355 e. The van der Waals surface area contributed by atoms with Gasteiger partial charge in [0.15, 0.2) is 11.4 Å². The summed E-state index contributed by atoms with van der Waals surface area (Å²) >= 11 is 24.6. The molecule has 2 saturated carbocycles. The predicted molar refractivity (Wildman–Crippen MR) is 175 cm³/mol. The van der Waals surface area contributed by atoms with E-state index in [1.54, 1.807) is 52.0 Å². The Labute approximate surface area is 282 Å². The highest BCUT2D eigenvalue weighted by Crippen LogP contribution is 2.60. The van der Waals surface area contributed by atoms with Crippen LogP contribution in [0.5, 0.6) is 17.2 Å². The summed E-state index contributed by atoms with van der Waals surface area (Å²) < 4.78 is 15.9. The van der Waals surface area contributed by atoms with Gasteiger partial charge in [0, 0.05) is 17.4 Å². The van der Waals surface area contributed by atoms with E-state index < -0.39 is 31.7 Å². The summed E-state index contributed by atoms with van der Waals surface area (Å²) in [4.78, 5) is 38.5. The number of hydrogen-bond acceptors (Lipinski definition) is 6. The molecule has 2 atom stereocenters. The molecule has 11 heteroatoms. The second-order valence-electron chi connectivity index (χ2n) is 12.4. The number of carbonyl (C=O) groups is 3. The molecule has 0 radical (unpaired) electrons. The average Bonchev–Trinajstić information content (AvgIpc) is 3.84. The third-order valence-corrected chi connectivity index (χ3v) is 9.47. The quantitative estimate of drug-likeness (QED) is 0.0898. The number of benzene rings is 3. The molecular formula is C34H33Cl4NO6. The molecule has 0 saturated heterocycles. The molecule has 0 heterocycles. The lowest BCUT2D eigenvalue weighted by Gasteiger charge is -2.25. The maximum atomic E-state index is 12.9. The van der Waals surface area contributed by atoms with E-state index in [0.29, 0.717) is 29.9 Å². The number of esters is 1. The van der Waals surface area contributed by atoms with Crippen molar-refractivity contribution in [3.63, 3.8) is 0 Å². The summed E-state index contributed by atoms with van der Waals surface area (Å²) in [6.45, 7) is 6.20. The Morgan fingerprint density at radius 2 is 1.09 bits per heavy atom. The molecular weight excluding hydrogens is 660 g/mol. The van der Waals surface area contributed by atoms with Crippen LogP contribution in [-0.4, -0.2) is 44.1 Å². The molecule has 0 spiro atoms. The molecule has 2 unspecified atom stereocenters. The van der Waals surface area contributed by atoms with Crippen molar-refractivity contribution in [3.8, 4) is 17.2 Å². The van der Waals surface area contributed by atoms with Gasteiger partial charge in [-0.15, -0.1) is 46.4 Å². The number of ketones is 1. The zero-order chi connectivity index (χ0) is 32.8. The lowest BCUT2D eigenvalue weighted by Crippen LogP contribution is -2.47. The molecule has 2 fully saturated rings. The van der Waals surface area contributed by atoms with Crippen molar-refractivity contribution in [3.05, 3.63) is 89.5 Å². The minimum absolute atomic E-state index is 0.0838. The van der Waals surface area contributed by atoms with Crippen LogP contribution in [0.25, 0.3) is 0 Å². The van der Waals surface area contributed by atoms with Crippen molar-refractivity contribution in [1.29, 1.82) is 0 Å². The summed E-state index contributed by atoms with van der Waals surface area (Å²) in [5.74, 6) is 0.0123. The largest absolute Gasteiger partial charge is 0.478 e. The lowest BCUT2D eigenvalue weighted by molar-refractivity contribution is -0.149. The Bertz CT molecular complexity index is 1580. The van der Waals surface area contributed by atoms with Crippen LogP contribution >= 0.6 is 46.4 Å². The van der Waals surface area contributed by atoms with E-state index in [4.69, 9.17) is 60.6 Å². The van der Waals surface area contributed by atoms with Gasteiger partial charge in [-0.2, -0.15) is 0 Å². The number of amides is 1. The monoisotopic (exact) mass is 691 g/mol. The zero-order valence-electron chi connectivity index (χ0n) is 25.2. The fourth-order valence-corrected chi connectivity index (χ4v) is 5.90. The van der Waals surface area contributed by atoms with Crippen LogP contribution in [-0.2, 0) is 9.59 Å². The van der Waals surface area contributed by atoms with Crippen LogP contribution in [0.15, 0.2) is 72.8 Å². The fourth-order valence-electron chi connectivity index (χ4n) is 4.78. The molecule has 2 aliphatic rings. The van der Waals surface area contributed by atoms with Gasteiger partial charge in [-0.3, -0.25) is 9.59 Å². The van der Waals surface area contributed by atoms with E-state index in [-0.39, 0.29) is 29.9 Å². The summed E-state index contributed by atoms with van der Waals surface area (Å²) in [5, 5.41) is 2.64. The predicted octanol–water partition coefficient (Wildman–Crippen LogP) is 7.93. The highest BCUT2D eigenvalue weighted by molar-refractivity contribution is 6.51. The van der Waals surface area contributed by atoms with E-state index in [9.17, 15) is 14.4 Å². The Hall–Kier alpha value is -2.97. The number of halogens is 4. The summed E-state index contributed by atoms with van der Waals surface area (Å²) in [5.41, 5.74) is -0.189. The molecule has 45 heavy (non-hydrogen) atoms. The molecule has 1 amide bonds. The third-order valence-electron chi connectivity index (χ3n) is 7.80. The Morgan fingerprint density at radius 1 is 0.689 bits per heavy atom. The van der Waals surface area contributed by atoms with Gasteiger partial charge in [-0.1, -0.05) is 24.3 Å². The highest BCUT2D eigenvalue weighted by atomic mass is 35.5. The number of rotatable bonds is 12. The molecule has 238 valence electrons. The fraction of sp³-hybridized carbons (Fsp3) is 0.382. The first-order valence-electron chi connectivity index (χ1n) is 14.4. The Balaban J connectivity index is 1.09. The molecule has 0 aliphatic heterocycles. The Morgan fingerprint density at radius 3 is 1.51 bits per heavy atom. The lowest BCUT2D eigenvalue weighted by atomic mass is 10.1. The van der Waals surface area contributed by atoms with E-state index >= 15 is 0 Å². The molecule has 5 rings (SSSR count). The van der Waals surface area contributed by atoms with E-state index in [1.165, 1.54) is 24.3 Å². The van der Waals surface area contributed by atoms with E-state index in [1.807, 2.05) is 24.3 Å².